The van der Waals surface area contributed by atoms with Gasteiger partial charge in [0.25, 0.3) is 8.32 Å². The molecule has 0 unspecified atom stereocenters. The minimum atomic E-state index is -2.47. The summed E-state index contributed by atoms with van der Waals surface area (Å²) in [7, 11) is -2.47. The van der Waals surface area contributed by atoms with Crippen LogP contribution < -0.4 is 10.4 Å². The predicted octanol–water partition coefficient (Wildman–Crippen LogP) is 4.30. The van der Waals surface area contributed by atoms with Crippen molar-refractivity contribution >= 4 is 18.7 Å². The number of rotatable bonds is 7. The molecule has 0 bridgehead atoms. The second-order valence-electron chi connectivity index (χ2n) is 8.20. The molecule has 26 heavy (non-hydrogen) atoms. The lowest BCUT2D eigenvalue weighted by Crippen LogP contribution is -2.67. The molecular formula is C23H30O2Si. The third-order valence-corrected chi connectivity index (χ3v) is 10.4. The molecule has 1 heterocycles. The van der Waals surface area contributed by atoms with Crippen LogP contribution in [0, 0.1) is 0 Å². The topological polar surface area (TPSA) is 21.8 Å². The summed E-state index contributed by atoms with van der Waals surface area (Å²) >= 11 is 0. The average molecular weight is 367 g/mol. The van der Waals surface area contributed by atoms with Crippen molar-refractivity contribution in [2.45, 2.75) is 57.5 Å². The molecule has 0 spiro atoms. The van der Waals surface area contributed by atoms with Gasteiger partial charge in [0.1, 0.15) is 6.10 Å². The van der Waals surface area contributed by atoms with Gasteiger partial charge in [-0.15, -0.1) is 6.58 Å². The van der Waals surface area contributed by atoms with Crippen molar-refractivity contribution in [3.8, 4) is 0 Å². The number of benzene rings is 2. The first kappa shape index (κ1) is 19.1. The van der Waals surface area contributed by atoms with E-state index in [1.807, 2.05) is 6.08 Å². The maximum Gasteiger partial charge on any atom is 0.261 e. The largest absolute Gasteiger partial charge is 0.405 e. The summed E-state index contributed by atoms with van der Waals surface area (Å²) in [6, 6.07) is 21.6. The van der Waals surface area contributed by atoms with Crippen molar-refractivity contribution in [3.05, 3.63) is 73.3 Å². The van der Waals surface area contributed by atoms with E-state index in [4.69, 9.17) is 9.16 Å². The van der Waals surface area contributed by atoms with Crippen LogP contribution in [-0.2, 0) is 9.16 Å². The summed E-state index contributed by atoms with van der Waals surface area (Å²) in [6.07, 6.45) is 3.36. The first-order valence-electron chi connectivity index (χ1n) is 9.45. The van der Waals surface area contributed by atoms with E-state index in [-0.39, 0.29) is 23.4 Å². The van der Waals surface area contributed by atoms with Crippen LogP contribution in [0.2, 0.25) is 5.04 Å². The fraction of sp³-hybridized carbons (Fsp3) is 0.391. The number of epoxide rings is 1. The monoisotopic (exact) mass is 366 g/mol. The molecule has 1 aliphatic heterocycles. The first-order valence-corrected chi connectivity index (χ1v) is 11.4. The Labute approximate surface area is 159 Å². The average Bonchev–Trinajstić information content (AvgIpc) is 3.38. The van der Waals surface area contributed by atoms with Gasteiger partial charge in [0.2, 0.25) is 0 Å². The minimum absolute atomic E-state index is 0.00616. The molecule has 2 aromatic carbocycles. The Kier molecular flexibility index (Phi) is 5.52. The third-order valence-electron chi connectivity index (χ3n) is 5.21. The second kappa shape index (κ2) is 7.51. The van der Waals surface area contributed by atoms with Gasteiger partial charge in [0.05, 0.1) is 6.10 Å². The molecule has 2 aromatic rings. The lowest BCUT2D eigenvalue weighted by atomic mass is 10.2. The van der Waals surface area contributed by atoms with Crippen molar-refractivity contribution in [3.63, 3.8) is 0 Å². The quantitative estimate of drug-likeness (QED) is 0.414. The Morgan fingerprint density at radius 1 is 1.04 bits per heavy atom. The first-order chi connectivity index (χ1) is 12.4. The SMILES string of the molecule is C=C[C@H]1O[C@H]1C[C@@H](C)O[Si](c1ccccc1)(c1ccccc1)C(C)(C)C. The lowest BCUT2D eigenvalue weighted by Gasteiger charge is -2.44. The molecule has 0 saturated carbocycles. The highest BCUT2D eigenvalue weighted by Gasteiger charge is 2.51. The molecule has 0 amide bonds. The van der Waals surface area contributed by atoms with Gasteiger partial charge in [-0.1, -0.05) is 87.5 Å². The van der Waals surface area contributed by atoms with E-state index in [0.29, 0.717) is 0 Å². The summed E-state index contributed by atoms with van der Waals surface area (Å²) in [5, 5.41) is 2.65. The maximum atomic E-state index is 7.04. The van der Waals surface area contributed by atoms with Crippen molar-refractivity contribution in [2.75, 3.05) is 0 Å². The molecular weight excluding hydrogens is 336 g/mol. The highest BCUT2D eigenvalue weighted by atomic mass is 28.4. The fourth-order valence-electron chi connectivity index (χ4n) is 3.92. The zero-order valence-corrected chi connectivity index (χ0v) is 17.3. The summed E-state index contributed by atoms with van der Waals surface area (Å²) in [6.45, 7) is 12.9. The Hall–Kier alpha value is -1.68. The molecule has 0 aliphatic carbocycles. The van der Waals surface area contributed by atoms with Gasteiger partial charge in [-0.2, -0.15) is 0 Å². The van der Waals surface area contributed by atoms with Crippen LogP contribution in [0.4, 0.5) is 0 Å². The van der Waals surface area contributed by atoms with E-state index in [0.717, 1.165) is 6.42 Å². The van der Waals surface area contributed by atoms with E-state index in [1.165, 1.54) is 10.4 Å². The van der Waals surface area contributed by atoms with Gasteiger partial charge in [0.15, 0.2) is 0 Å². The van der Waals surface area contributed by atoms with Crippen LogP contribution in [0.5, 0.6) is 0 Å². The third kappa shape index (κ3) is 3.71. The number of ether oxygens (including phenoxy) is 1. The van der Waals surface area contributed by atoms with Gasteiger partial charge in [-0.3, -0.25) is 0 Å². The summed E-state index contributed by atoms with van der Waals surface area (Å²) in [4.78, 5) is 0. The predicted molar refractivity (Wildman–Crippen MR) is 112 cm³/mol. The fourth-order valence-corrected chi connectivity index (χ4v) is 8.64. The molecule has 3 rings (SSSR count). The molecule has 1 fully saturated rings. The molecule has 2 nitrogen and oxygen atoms in total. The van der Waals surface area contributed by atoms with Gasteiger partial charge in [-0.25, -0.2) is 0 Å². The molecule has 138 valence electrons. The van der Waals surface area contributed by atoms with Crippen LogP contribution in [0.15, 0.2) is 73.3 Å². The molecule has 1 saturated heterocycles. The van der Waals surface area contributed by atoms with E-state index in [1.54, 1.807) is 0 Å². The van der Waals surface area contributed by atoms with Gasteiger partial charge in [0, 0.05) is 12.5 Å². The smallest absolute Gasteiger partial charge is 0.261 e. The Morgan fingerprint density at radius 2 is 1.54 bits per heavy atom. The molecule has 0 N–H and O–H groups in total. The van der Waals surface area contributed by atoms with Crippen molar-refractivity contribution in [1.82, 2.24) is 0 Å². The van der Waals surface area contributed by atoms with Crippen molar-refractivity contribution < 1.29 is 9.16 Å². The number of hydrogen-bond acceptors (Lipinski definition) is 2. The molecule has 3 atom stereocenters. The Balaban J connectivity index is 2.01. The summed E-state index contributed by atoms with van der Waals surface area (Å²) < 4.78 is 12.7. The second-order valence-corrected chi connectivity index (χ2v) is 12.5. The normalized spacial score (nSPS) is 21.2. The minimum Gasteiger partial charge on any atom is -0.405 e. The summed E-state index contributed by atoms with van der Waals surface area (Å²) in [5.41, 5.74) is 0. The van der Waals surface area contributed by atoms with Crippen LogP contribution in [-0.4, -0.2) is 26.6 Å². The standard InChI is InChI=1S/C23H30O2Si/c1-6-21-22(24-21)17-18(2)25-26(23(3,4)5,19-13-9-7-10-14-19)20-15-11-8-12-16-20/h6-16,18,21-22H,1,17H2,2-5H3/t18-,21-,22+/m1/s1. The Bertz CT molecular complexity index is 681. The van der Waals surface area contributed by atoms with Crippen LogP contribution in [0.25, 0.3) is 0 Å². The van der Waals surface area contributed by atoms with E-state index in [2.05, 4.69) is 94.9 Å². The maximum absolute atomic E-state index is 7.04. The van der Waals surface area contributed by atoms with Gasteiger partial charge >= 0.3 is 0 Å². The van der Waals surface area contributed by atoms with E-state index >= 15 is 0 Å². The highest BCUT2D eigenvalue weighted by molar-refractivity contribution is 6.99. The van der Waals surface area contributed by atoms with Crippen molar-refractivity contribution in [2.24, 2.45) is 0 Å². The lowest BCUT2D eigenvalue weighted by molar-refractivity contribution is 0.182. The summed E-state index contributed by atoms with van der Waals surface area (Å²) in [5.74, 6) is 0. The van der Waals surface area contributed by atoms with Gasteiger partial charge < -0.3 is 9.16 Å². The zero-order chi connectivity index (χ0) is 18.8. The molecule has 1 aliphatic rings. The zero-order valence-electron chi connectivity index (χ0n) is 16.3. The van der Waals surface area contributed by atoms with E-state index in [9.17, 15) is 0 Å². The van der Waals surface area contributed by atoms with E-state index < -0.39 is 8.32 Å². The van der Waals surface area contributed by atoms with Crippen LogP contribution >= 0.6 is 0 Å². The Morgan fingerprint density at radius 3 is 1.92 bits per heavy atom. The molecule has 0 aromatic heterocycles. The van der Waals surface area contributed by atoms with Crippen LogP contribution in [0.1, 0.15) is 34.1 Å². The molecule has 0 radical (unpaired) electrons. The van der Waals surface area contributed by atoms with Gasteiger partial charge in [-0.05, 0) is 22.3 Å². The number of hydrogen-bond donors (Lipinski definition) is 0. The highest BCUT2D eigenvalue weighted by Crippen LogP contribution is 2.38. The van der Waals surface area contributed by atoms with Crippen LogP contribution in [0.3, 0.4) is 0 Å². The van der Waals surface area contributed by atoms with Crippen molar-refractivity contribution in [1.29, 1.82) is 0 Å². The molecule has 3 heteroatoms.